The molecule has 2 aromatic carbocycles. The fraction of sp³-hybridized carbons (Fsp3) is 0.259. The maximum absolute atomic E-state index is 12.6. The summed E-state index contributed by atoms with van der Waals surface area (Å²) in [6, 6.07) is 16.0. The summed E-state index contributed by atoms with van der Waals surface area (Å²) in [5, 5.41) is 25.7. The van der Waals surface area contributed by atoms with Gasteiger partial charge in [-0.1, -0.05) is 23.7 Å². The molecule has 4 aromatic rings. The van der Waals surface area contributed by atoms with Crippen LogP contribution in [-0.2, 0) is 18.7 Å². The number of benzene rings is 2. The molecule has 1 amide bonds. The van der Waals surface area contributed by atoms with Gasteiger partial charge in [0.1, 0.15) is 11.3 Å². The number of rotatable bonds is 6. The second kappa shape index (κ2) is 9.70. The quantitative estimate of drug-likeness (QED) is 0.364. The van der Waals surface area contributed by atoms with E-state index in [2.05, 4.69) is 15.2 Å². The summed E-state index contributed by atoms with van der Waals surface area (Å²) >= 11 is 6.07. The third-order valence-corrected chi connectivity index (χ3v) is 6.81. The van der Waals surface area contributed by atoms with Gasteiger partial charge in [0.2, 0.25) is 0 Å². The number of hydrogen-bond donors (Lipinski definition) is 3. The van der Waals surface area contributed by atoms with Crippen LogP contribution in [0.5, 0.6) is 5.75 Å². The van der Waals surface area contributed by atoms with Crippen LogP contribution in [0.3, 0.4) is 0 Å². The van der Waals surface area contributed by atoms with Gasteiger partial charge in [0, 0.05) is 54.5 Å². The molecule has 5 rings (SSSR count). The van der Waals surface area contributed by atoms with Gasteiger partial charge in [0.05, 0.1) is 5.60 Å². The summed E-state index contributed by atoms with van der Waals surface area (Å²) < 4.78 is 5.75. The number of likely N-dealkylation sites (tertiary alicyclic amines) is 1. The van der Waals surface area contributed by atoms with Crippen molar-refractivity contribution in [3.05, 3.63) is 94.5 Å². The van der Waals surface area contributed by atoms with Crippen molar-refractivity contribution in [2.45, 2.75) is 31.5 Å². The van der Waals surface area contributed by atoms with Crippen LogP contribution in [0, 0.1) is 0 Å². The Labute approximate surface area is 208 Å². The van der Waals surface area contributed by atoms with Gasteiger partial charge in [0.15, 0.2) is 5.76 Å². The normalized spacial score (nSPS) is 15.8. The van der Waals surface area contributed by atoms with Gasteiger partial charge < -0.3 is 19.9 Å². The molecule has 3 N–H and O–H groups in total. The number of phenolic OH excluding ortho intramolecular Hbond substituents is 1. The lowest BCUT2D eigenvalue weighted by atomic mass is 9.84. The van der Waals surface area contributed by atoms with Crippen molar-refractivity contribution in [2.24, 2.45) is 0 Å². The van der Waals surface area contributed by atoms with Gasteiger partial charge in [0.25, 0.3) is 5.91 Å². The number of fused-ring (bicyclic) bond motifs is 1. The molecule has 0 bridgehead atoms. The van der Waals surface area contributed by atoms with E-state index in [4.69, 9.17) is 16.0 Å². The molecule has 8 heteroatoms. The van der Waals surface area contributed by atoms with E-state index in [1.54, 1.807) is 42.7 Å². The van der Waals surface area contributed by atoms with Crippen LogP contribution in [0.1, 0.15) is 40.1 Å². The van der Waals surface area contributed by atoms with E-state index in [0.29, 0.717) is 49.6 Å². The van der Waals surface area contributed by atoms with Crippen molar-refractivity contribution in [1.82, 2.24) is 15.2 Å². The molecule has 0 radical (unpaired) electrons. The highest BCUT2D eigenvalue weighted by Gasteiger charge is 2.34. The number of hydrogen-bond acceptors (Lipinski definition) is 6. The van der Waals surface area contributed by atoms with Crippen LogP contribution >= 0.6 is 11.6 Å². The summed E-state index contributed by atoms with van der Waals surface area (Å²) in [7, 11) is 0. The third-order valence-electron chi connectivity index (χ3n) is 6.57. The standard InChI is InChI=1S/C27H26ClN3O4/c28-22-4-5-23(32)20(13-22)17-31-10-7-27(34,8-11-31)21-3-6-24-19(12-21)14-25(35-24)26(33)30-16-18-2-1-9-29-15-18/h1-6,9,12-15,32,34H,7-8,10-11,16-17H2,(H,30,33). The van der Waals surface area contributed by atoms with Crippen LogP contribution in [0.4, 0.5) is 0 Å². The molecule has 35 heavy (non-hydrogen) atoms. The number of carbonyl (C=O) groups is 1. The zero-order chi connectivity index (χ0) is 24.4. The molecule has 1 saturated heterocycles. The number of phenols is 1. The number of halogens is 1. The summed E-state index contributed by atoms with van der Waals surface area (Å²) in [5.41, 5.74) is 2.10. The molecular formula is C27H26ClN3O4. The smallest absolute Gasteiger partial charge is 0.287 e. The molecule has 0 saturated carbocycles. The molecule has 7 nitrogen and oxygen atoms in total. The van der Waals surface area contributed by atoms with Gasteiger partial charge >= 0.3 is 0 Å². The topological polar surface area (TPSA) is 98.8 Å². The molecule has 0 spiro atoms. The molecule has 1 fully saturated rings. The Bertz CT molecular complexity index is 1350. The number of nitrogens with zero attached hydrogens (tertiary/aromatic N) is 2. The Hall–Kier alpha value is -3.39. The van der Waals surface area contributed by atoms with Crippen LogP contribution in [0.2, 0.25) is 5.02 Å². The van der Waals surface area contributed by atoms with Crippen molar-refractivity contribution in [3.63, 3.8) is 0 Å². The minimum atomic E-state index is -0.971. The molecule has 1 aliphatic rings. The number of carbonyl (C=O) groups excluding carboxylic acids is 1. The molecule has 3 heterocycles. The van der Waals surface area contributed by atoms with Crippen LogP contribution in [0.25, 0.3) is 11.0 Å². The minimum absolute atomic E-state index is 0.223. The number of aliphatic hydroxyl groups is 1. The number of amides is 1. The number of piperidine rings is 1. The Morgan fingerprint density at radius 2 is 1.97 bits per heavy atom. The Morgan fingerprint density at radius 3 is 2.74 bits per heavy atom. The number of aromatic hydroxyl groups is 1. The Balaban J connectivity index is 1.25. The first-order valence-electron chi connectivity index (χ1n) is 11.5. The summed E-state index contributed by atoms with van der Waals surface area (Å²) in [4.78, 5) is 18.8. The largest absolute Gasteiger partial charge is 0.508 e. The molecular weight excluding hydrogens is 466 g/mol. The first-order chi connectivity index (χ1) is 16.9. The second-order valence-corrected chi connectivity index (χ2v) is 9.42. The van der Waals surface area contributed by atoms with Crippen molar-refractivity contribution < 1.29 is 19.4 Å². The van der Waals surface area contributed by atoms with Gasteiger partial charge in [-0.25, -0.2) is 0 Å². The molecule has 0 atom stereocenters. The molecule has 0 unspecified atom stereocenters. The highest BCUT2D eigenvalue weighted by molar-refractivity contribution is 6.30. The second-order valence-electron chi connectivity index (χ2n) is 8.99. The average Bonchev–Trinajstić information content (AvgIpc) is 3.31. The summed E-state index contributed by atoms with van der Waals surface area (Å²) in [5.74, 6) is 0.146. The van der Waals surface area contributed by atoms with Crippen molar-refractivity contribution >= 4 is 28.5 Å². The fourth-order valence-electron chi connectivity index (χ4n) is 4.51. The number of furan rings is 1. The van der Waals surface area contributed by atoms with Crippen LogP contribution in [-0.4, -0.2) is 39.1 Å². The Morgan fingerprint density at radius 1 is 1.14 bits per heavy atom. The average molecular weight is 492 g/mol. The predicted octanol–water partition coefficient (Wildman–Crippen LogP) is 4.60. The Kier molecular flexibility index (Phi) is 6.47. The van der Waals surface area contributed by atoms with Crippen molar-refractivity contribution in [1.29, 1.82) is 0 Å². The van der Waals surface area contributed by atoms with E-state index in [1.807, 2.05) is 24.3 Å². The monoisotopic (exact) mass is 491 g/mol. The number of pyridine rings is 1. The highest BCUT2D eigenvalue weighted by atomic mass is 35.5. The lowest BCUT2D eigenvalue weighted by Crippen LogP contribution is -2.42. The van der Waals surface area contributed by atoms with E-state index in [1.165, 1.54) is 0 Å². The van der Waals surface area contributed by atoms with E-state index < -0.39 is 5.60 Å². The lowest BCUT2D eigenvalue weighted by Gasteiger charge is -2.38. The van der Waals surface area contributed by atoms with Gasteiger partial charge in [-0.2, -0.15) is 0 Å². The summed E-state index contributed by atoms with van der Waals surface area (Å²) in [6.45, 7) is 2.28. The minimum Gasteiger partial charge on any atom is -0.508 e. The fourth-order valence-corrected chi connectivity index (χ4v) is 4.70. The number of nitrogens with one attached hydrogen (secondary N) is 1. The van der Waals surface area contributed by atoms with Crippen molar-refractivity contribution in [3.8, 4) is 5.75 Å². The van der Waals surface area contributed by atoms with Crippen molar-refractivity contribution in [2.75, 3.05) is 13.1 Å². The van der Waals surface area contributed by atoms with E-state index in [0.717, 1.165) is 22.1 Å². The van der Waals surface area contributed by atoms with Crippen LogP contribution < -0.4 is 5.32 Å². The van der Waals surface area contributed by atoms with E-state index in [9.17, 15) is 15.0 Å². The molecule has 1 aliphatic heterocycles. The van der Waals surface area contributed by atoms with E-state index >= 15 is 0 Å². The first kappa shape index (κ1) is 23.4. The first-order valence-corrected chi connectivity index (χ1v) is 11.9. The maximum Gasteiger partial charge on any atom is 0.287 e. The van der Waals surface area contributed by atoms with E-state index in [-0.39, 0.29) is 17.4 Å². The van der Waals surface area contributed by atoms with Gasteiger partial charge in [-0.15, -0.1) is 0 Å². The zero-order valence-corrected chi connectivity index (χ0v) is 19.8. The molecule has 2 aromatic heterocycles. The highest BCUT2D eigenvalue weighted by Crippen LogP contribution is 2.36. The molecule has 0 aliphatic carbocycles. The lowest BCUT2D eigenvalue weighted by molar-refractivity contribution is -0.0277. The SMILES string of the molecule is O=C(NCc1cccnc1)c1cc2cc(C3(O)CCN(Cc4cc(Cl)ccc4O)CC3)ccc2o1. The molecule has 180 valence electrons. The maximum atomic E-state index is 12.6. The third kappa shape index (κ3) is 5.17. The zero-order valence-electron chi connectivity index (χ0n) is 19.1. The number of aromatic nitrogens is 1. The van der Waals surface area contributed by atoms with Crippen LogP contribution in [0.15, 0.2) is 71.4 Å². The van der Waals surface area contributed by atoms with Gasteiger partial charge in [-0.05, 0) is 66.4 Å². The predicted molar refractivity (Wildman–Crippen MR) is 133 cm³/mol. The van der Waals surface area contributed by atoms with Gasteiger partial charge in [-0.3, -0.25) is 14.7 Å². The summed E-state index contributed by atoms with van der Waals surface area (Å²) in [6.07, 6.45) is 4.49.